The third-order valence-corrected chi connectivity index (χ3v) is 4.71. The van der Waals surface area contributed by atoms with E-state index in [1.807, 2.05) is 42.3 Å². The summed E-state index contributed by atoms with van der Waals surface area (Å²) < 4.78 is 1.66. The molecule has 3 aromatic rings. The molecule has 1 aliphatic heterocycles. The SMILES string of the molecule is Cn1nc(-c2ccccn2)cc1NC(=O)N1CCC[C@H](c2ccn[nH]2)C1. The number of aryl methyl sites for hydroxylation is 1. The molecular weight excluding hydrogens is 330 g/mol. The number of urea groups is 1. The lowest BCUT2D eigenvalue weighted by molar-refractivity contribution is 0.192. The number of nitrogens with one attached hydrogen (secondary N) is 2. The zero-order valence-electron chi connectivity index (χ0n) is 14.6. The Kier molecular flexibility index (Phi) is 4.39. The topological polar surface area (TPSA) is 91.7 Å². The van der Waals surface area contributed by atoms with Crippen molar-refractivity contribution in [2.45, 2.75) is 18.8 Å². The molecule has 0 aliphatic carbocycles. The Morgan fingerprint density at radius 1 is 1.27 bits per heavy atom. The maximum absolute atomic E-state index is 12.7. The number of nitrogens with zero attached hydrogens (tertiary/aromatic N) is 5. The van der Waals surface area contributed by atoms with Crippen LogP contribution in [0.2, 0.25) is 0 Å². The average Bonchev–Trinajstić information content (AvgIpc) is 3.33. The lowest BCUT2D eigenvalue weighted by atomic mass is 9.95. The summed E-state index contributed by atoms with van der Waals surface area (Å²) >= 11 is 0. The van der Waals surface area contributed by atoms with E-state index in [9.17, 15) is 4.79 Å². The number of pyridine rings is 1. The number of anilines is 1. The summed E-state index contributed by atoms with van der Waals surface area (Å²) in [6, 6.07) is 9.39. The molecule has 0 unspecified atom stereocenters. The lowest BCUT2D eigenvalue weighted by Gasteiger charge is -2.32. The monoisotopic (exact) mass is 351 g/mol. The van der Waals surface area contributed by atoms with Crippen LogP contribution in [0.25, 0.3) is 11.4 Å². The second kappa shape index (κ2) is 6.99. The predicted molar refractivity (Wildman–Crippen MR) is 97.6 cm³/mol. The van der Waals surface area contributed by atoms with Crippen molar-refractivity contribution in [3.8, 4) is 11.4 Å². The number of H-pyrrole nitrogens is 1. The highest BCUT2D eigenvalue weighted by atomic mass is 16.2. The molecule has 1 aliphatic rings. The second-order valence-corrected chi connectivity index (χ2v) is 6.48. The van der Waals surface area contributed by atoms with Crippen LogP contribution in [0.4, 0.5) is 10.6 Å². The molecule has 2 amide bonds. The van der Waals surface area contributed by atoms with Crippen LogP contribution in [0, 0.1) is 0 Å². The summed E-state index contributed by atoms with van der Waals surface area (Å²) in [7, 11) is 1.81. The van der Waals surface area contributed by atoms with E-state index in [0.29, 0.717) is 18.3 Å². The zero-order valence-corrected chi connectivity index (χ0v) is 14.6. The summed E-state index contributed by atoms with van der Waals surface area (Å²) in [5.74, 6) is 0.951. The van der Waals surface area contributed by atoms with Crippen molar-refractivity contribution in [1.29, 1.82) is 0 Å². The van der Waals surface area contributed by atoms with Crippen molar-refractivity contribution >= 4 is 11.8 Å². The van der Waals surface area contributed by atoms with E-state index in [1.165, 1.54) is 0 Å². The molecule has 0 spiro atoms. The minimum atomic E-state index is -0.107. The van der Waals surface area contributed by atoms with Gasteiger partial charge in [0, 0.05) is 50.2 Å². The van der Waals surface area contributed by atoms with E-state index >= 15 is 0 Å². The van der Waals surface area contributed by atoms with Crippen LogP contribution in [0.15, 0.2) is 42.7 Å². The Hall–Kier alpha value is -3.16. The Morgan fingerprint density at radius 3 is 2.96 bits per heavy atom. The highest BCUT2D eigenvalue weighted by Crippen LogP contribution is 2.26. The quantitative estimate of drug-likeness (QED) is 0.759. The standard InChI is InChI=1S/C18H21N7O/c1-24-17(11-16(23-24)15-6-2-3-8-19-15)21-18(26)25-10-4-5-13(12-25)14-7-9-20-22-14/h2-3,6-9,11,13H,4-5,10,12H2,1H3,(H,20,22)(H,21,26)/t13-/m0/s1. The summed E-state index contributed by atoms with van der Waals surface area (Å²) in [6.45, 7) is 1.43. The van der Waals surface area contributed by atoms with Gasteiger partial charge in [0.2, 0.25) is 0 Å². The Balaban J connectivity index is 1.45. The number of amides is 2. The van der Waals surface area contributed by atoms with E-state index in [-0.39, 0.29) is 6.03 Å². The predicted octanol–water partition coefficient (Wildman–Crippen LogP) is 2.62. The van der Waals surface area contributed by atoms with E-state index in [2.05, 4.69) is 25.6 Å². The molecule has 4 heterocycles. The minimum Gasteiger partial charge on any atom is -0.324 e. The number of carbonyl (C=O) groups excluding carboxylic acids is 1. The summed E-state index contributed by atoms with van der Waals surface area (Å²) in [5.41, 5.74) is 2.60. The molecule has 0 saturated carbocycles. The third kappa shape index (κ3) is 3.30. The van der Waals surface area contributed by atoms with Crippen LogP contribution in [-0.2, 0) is 7.05 Å². The van der Waals surface area contributed by atoms with Crippen molar-refractivity contribution in [2.75, 3.05) is 18.4 Å². The minimum absolute atomic E-state index is 0.107. The molecule has 0 bridgehead atoms. The van der Waals surface area contributed by atoms with Crippen LogP contribution < -0.4 is 5.32 Å². The molecule has 0 aromatic carbocycles. The third-order valence-electron chi connectivity index (χ3n) is 4.71. The first-order valence-electron chi connectivity index (χ1n) is 8.71. The number of aromatic amines is 1. The molecule has 8 nitrogen and oxygen atoms in total. The van der Waals surface area contributed by atoms with Crippen molar-refractivity contribution in [1.82, 2.24) is 29.9 Å². The highest BCUT2D eigenvalue weighted by Gasteiger charge is 2.26. The molecule has 4 rings (SSSR count). The Labute approximate surface area is 151 Å². The highest BCUT2D eigenvalue weighted by molar-refractivity contribution is 5.89. The average molecular weight is 351 g/mol. The van der Waals surface area contributed by atoms with Crippen molar-refractivity contribution in [3.05, 3.63) is 48.4 Å². The number of hydrogen-bond acceptors (Lipinski definition) is 4. The van der Waals surface area contributed by atoms with Gasteiger partial charge in [0.15, 0.2) is 0 Å². The van der Waals surface area contributed by atoms with Gasteiger partial charge in [0.25, 0.3) is 0 Å². The van der Waals surface area contributed by atoms with E-state index in [4.69, 9.17) is 0 Å². The van der Waals surface area contributed by atoms with E-state index < -0.39 is 0 Å². The molecular formula is C18H21N7O. The first-order valence-corrected chi connectivity index (χ1v) is 8.71. The van der Waals surface area contributed by atoms with Gasteiger partial charge in [-0.05, 0) is 31.0 Å². The van der Waals surface area contributed by atoms with Gasteiger partial charge >= 0.3 is 6.03 Å². The molecule has 26 heavy (non-hydrogen) atoms. The van der Waals surface area contributed by atoms with Crippen LogP contribution in [0.1, 0.15) is 24.5 Å². The second-order valence-electron chi connectivity index (χ2n) is 6.48. The number of rotatable bonds is 3. The molecule has 1 atom stereocenters. The molecule has 2 N–H and O–H groups in total. The molecule has 1 fully saturated rings. The number of likely N-dealkylation sites (tertiary alicyclic amines) is 1. The van der Waals surface area contributed by atoms with Crippen molar-refractivity contribution in [3.63, 3.8) is 0 Å². The summed E-state index contributed by atoms with van der Waals surface area (Å²) in [6.07, 6.45) is 5.51. The normalized spacial score (nSPS) is 17.3. The number of aromatic nitrogens is 5. The molecule has 0 radical (unpaired) electrons. The van der Waals surface area contributed by atoms with Gasteiger partial charge < -0.3 is 4.90 Å². The van der Waals surface area contributed by atoms with Crippen LogP contribution >= 0.6 is 0 Å². The fraction of sp³-hybridized carbons (Fsp3) is 0.333. The maximum Gasteiger partial charge on any atom is 0.323 e. The number of hydrogen-bond donors (Lipinski definition) is 2. The first-order chi connectivity index (χ1) is 12.7. The molecule has 1 saturated heterocycles. The zero-order chi connectivity index (χ0) is 17.9. The number of carbonyl (C=O) groups is 1. The summed E-state index contributed by atoms with van der Waals surface area (Å²) in [5, 5.41) is 14.4. The van der Waals surface area contributed by atoms with Gasteiger partial charge in [0.05, 0.1) is 5.69 Å². The Bertz CT molecular complexity index is 872. The van der Waals surface area contributed by atoms with Gasteiger partial charge in [-0.15, -0.1) is 0 Å². The summed E-state index contributed by atoms with van der Waals surface area (Å²) in [4.78, 5) is 18.9. The van der Waals surface area contributed by atoms with E-state index in [1.54, 1.807) is 17.1 Å². The number of piperidine rings is 1. The van der Waals surface area contributed by atoms with Gasteiger partial charge in [-0.2, -0.15) is 10.2 Å². The largest absolute Gasteiger partial charge is 0.324 e. The van der Waals surface area contributed by atoms with Crippen LogP contribution in [0.3, 0.4) is 0 Å². The first kappa shape index (κ1) is 16.3. The lowest BCUT2D eigenvalue weighted by Crippen LogP contribution is -2.42. The van der Waals surface area contributed by atoms with Crippen molar-refractivity contribution in [2.24, 2.45) is 7.05 Å². The van der Waals surface area contributed by atoms with Gasteiger partial charge in [0.1, 0.15) is 11.5 Å². The van der Waals surface area contributed by atoms with E-state index in [0.717, 1.165) is 36.5 Å². The van der Waals surface area contributed by atoms with Crippen LogP contribution in [-0.4, -0.2) is 49.0 Å². The Morgan fingerprint density at radius 2 is 2.19 bits per heavy atom. The molecule has 8 heteroatoms. The van der Waals surface area contributed by atoms with Gasteiger partial charge in [-0.25, -0.2) is 4.79 Å². The smallest absolute Gasteiger partial charge is 0.323 e. The fourth-order valence-corrected chi connectivity index (χ4v) is 3.32. The van der Waals surface area contributed by atoms with Crippen molar-refractivity contribution < 1.29 is 4.79 Å². The fourth-order valence-electron chi connectivity index (χ4n) is 3.32. The van der Waals surface area contributed by atoms with Crippen LogP contribution in [0.5, 0.6) is 0 Å². The molecule has 134 valence electrons. The molecule has 3 aromatic heterocycles. The van der Waals surface area contributed by atoms with Gasteiger partial charge in [-0.3, -0.25) is 20.1 Å². The van der Waals surface area contributed by atoms with Gasteiger partial charge in [-0.1, -0.05) is 6.07 Å². The maximum atomic E-state index is 12.7.